The van der Waals surface area contributed by atoms with Gasteiger partial charge in [-0.05, 0) is 50.1 Å². The molecular weight excluding hydrogens is 414 g/mol. The Kier molecular flexibility index (Phi) is 7.64. The third-order valence-corrected chi connectivity index (χ3v) is 5.20. The number of ether oxygens (including phenoxy) is 3. The van der Waals surface area contributed by atoms with E-state index in [1.807, 2.05) is 19.1 Å². The number of nitrogens with zero attached hydrogens (tertiary/aromatic N) is 2. The van der Waals surface area contributed by atoms with Crippen LogP contribution in [0.5, 0.6) is 11.5 Å². The standard InChI is InChI=1S/C23H27N3O6/c1-15-6-4-8-20(24-15)25-22(28)17-7-5-11-26(13-17)23(29)16-9-10-18(19(12-16)30-2)32-14-21(27)31-3/h4,6,8-10,12,17H,5,7,11,13-14H2,1-3H3,(H,24,25,28). The number of nitrogens with one attached hydrogen (secondary N) is 1. The van der Waals surface area contributed by atoms with E-state index < -0.39 is 5.97 Å². The molecule has 0 saturated carbocycles. The minimum Gasteiger partial charge on any atom is -0.493 e. The van der Waals surface area contributed by atoms with Crippen LogP contribution in [0.4, 0.5) is 5.82 Å². The number of hydrogen-bond acceptors (Lipinski definition) is 7. The van der Waals surface area contributed by atoms with Gasteiger partial charge in [-0.3, -0.25) is 9.59 Å². The number of aryl methyl sites for hydroxylation is 1. The van der Waals surface area contributed by atoms with E-state index in [9.17, 15) is 14.4 Å². The molecule has 170 valence electrons. The van der Waals surface area contributed by atoms with Gasteiger partial charge >= 0.3 is 5.97 Å². The predicted octanol–water partition coefficient (Wildman–Crippen LogP) is 2.44. The molecule has 0 radical (unpaired) electrons. The van der Waals surface area contributed by atoms with E-state index in [2.05, 4.69) is 15.0 Å². The highest BCUT2D eigenvalue weighted by Gasteiger charge is 2.29. The van der Waals surface area contributed by atoms with Gasteiger partial charge < -0.3 is 24.4 Å². The lowest BCUT2D eigenvalue weighted by molar-refractivity contribution is -0.142. The maximum atomic E-state index is 13.1. The van der Waals surface area contributed by atoms with Crippen LogP contribution in [-0.2, 0) is 14.3 Å². The van der Waals surface area contributed by atoms with Crippen molar-refractivity contribution in [2.45, 2.75) is 19.8 Å². The van der Waals surface area contributed by atoms with Crippen LogP contribution in [-0.4, -0.2) is 61.6 Å². The van der Waals surface area contributed by atoms with E-state index in [-0.39, 0.29) is 24.3 Å². The zero-order valence-electron chi connectivity index (χ0n) is 18.4. The van der Waals surface area contributed by atoms with Crippen LogP contribution in [0.2, 0.25) is 0 Å². The third-order valence-electron chi connectivity index (χ3n) is 5.20. The lowest BCUT2D eigenvalue weighted by atomic mass is 9.96. The molecule has 1 N–H and O–H groups in total. The second-order valence-corrected chi connectivity index (χ2v) is 7.47. The van der Waals surface area contributed by atoms with Gasteiger partial charge in [0.05, 0.1) is 20.1 Å². The van der Waals surface area contributed by atoms with Crippen LogP contribution < -0.4 is 14.8 Å². The molecule has 2 amide bonds. The summed E-state index contributed by atoms with van der Waals surface area (Å²) >= 11 is 0. The van der Waals surface area contributed by atoms with Crippen LogP contribution in [0.1, 0.15) is 28.9 Å². The number of carbonyl (C=O) groups is 3. The Bertz CT molecular complexity index is 993. The van der Waals surface area contributed by atoms with Crippen molar-refractivity contribution in [3.63, 3.8) is 0 Å². The Hall–Kier alpha value is -3.62. The molecule has 1 aromatic heterocycles. The van der Waals surface area contributed by atoms with Crippen molar-refractivity contribution in [2.24, 2.45) is 5.92 Å². The zero-order chi connectivity index (χ0) is 23.1. The van der Waals surface area contributed by atoms with Crippen LogP contribution in [0.15, 0.2) is 36.4 Å². The number of benzene rings is 1. The minimum absolute atomic E-state index is 0.148. The molecule has 0 aliphatic carbocycles. The number of rotatable bonds is 7. The zero-order valence-corrected chi connectivity index (χ0v) is 18.4. The monoisotopic (exact) mass is 441 g/mol. The number of anilines is 1. The van der Waals surface area contributed by atoms with Crippen molar-refractivity contribution in [1.29, 1.82) is 0 Å². The second kappa shape index (κ2) is 10.6. The summed E-state index contributed by atoms with van der Waals surface area (Å²) in [6, 6.07) is 10.2. The van der Waals surface area contributed by atoms with Gasteiger partial charge in [0.2, 0.25) is 5.91 Å². The molecule has 1 aliphatic rings. The number of esters is 1. The Morgan fingerprint density at radius 2 is 1.97 bits per heavy atom. The van der Waals surface area contributed by atoms with Crippen molar-refractivity contribution < 1.29 is 28.6 Å². The summed E-state index contributed by atoms with van der Waals surface area (Å²) in [4.78, 5) is 43.1. The number of methoxy groups -OCH3 is 2. The van der Waals surface area contributed by atoms with E-state index in [1.54, 1.807) is 29.2 Å². The Balaban J connectivity index is 1.66. The molecule has 2 heterocycles. The largest absolute Gasteiger partial charge is 0.493 e. The van der Waals surface area contributed by atoms with E-state index >= 15 is 0 Å². The predicted molar refractivity (Wildman–Crippen MR) is 117 cm³/mol. The van der Waals surface area contributed by atoms with Crippen molar-refractivity contribution in [3.05, 3.63) is 47.7 Å². The number of hydrogen-bond donors (Lipinski definition) is 1. The van der Waals surface area contributed by atoms with Gasteiger partial charge in [0.25, 0.3) is 5.91 Å². The minimum atomic E-state index is -0.522. The summed E-state index contributed by atoms with van der Waals surface area (Å²) in [5.74, 6) is -0.0256. The van der Waals surface area contributed by atoms with Gasteiger partial charge in [-0.15, -0.1) is 0 Å². The van der Waals surface area contributed by atoms with Crippen LogP contribution in [0, 0.1) is 12.8 Å². The van der Waals surface area contributed by atoms with E-state index in [0.29, 0.717) is 42.4 Å². The quantitative estimate of drug-likeness (QED) is 0.658. The summed E-state index contributed by atoms with van der Waals surface area (Å²) in [6.45, 7) is 2.48. The Morgan fingerprint density at radius 3 is 2.69 bits per heavy atom. The molecule has 9 nitrogen and oxygen atoms in total. The van der Waals surface area contributed by atoms with Crippen LogP contribution in [0.3, 0.4) is 0 Å². The summed E-state index contributed by atoms with van der Waals surface area (Å²) in [5.41, 5.74) is 1.23. The molecule has 3 rings (SSSR count). The van der Waals surface area contributed by atoms with Crippen molar-refractivity contribution in [2.75, 3.05) is 39.2 Å². The molecule has 0 spiro atoms. The topological polar surface area (TPSA) is 107 Å². The fourth-order valence-electron chi connectivity index (χ4n) is 3.51. The number of piperidine rings is 1. The highest BCUT2D eigenvalue weighted by atomic mass is 16.6. The van der Waals surface area contributed by atoms with Gasteiger partial charge in [0, 0.05) is 24.3 Å². The van der Waals surface area contributed by atoms with Crippen molar-refractivity contribution >= 4 is 23.6 Å². The first-order valence-electron chi connectivity index (χ1n) is 10.3. The molecule has 1 unspecified atom stereocenters. The average Bonchev–Trinajstić information content (AvgIpc) is 2.82. The van der Waals surface area contributed by atoms with Gasteiger partial charge in [0.15, 0.2) is 18.1 Å². The summed E-state index contributed by atoms with van der Waals surface area (Å²) < 4.78 is 15.3. The molecule has 1 saturated heterocycles. The highest BCUT2D eigenvalue weighted by Crippen LogP contribution is 2.29. The summed E-state index contributed by atoms with van der Waals surface area (Å²) in [5, 5.41) is 2.84. The molecule has 1 atom stereocenters. The Labute approximate surface area is 186 Å². The lowest BCUT2D eigenvalue weighted by Crippen LogP contribution is -2.43. The molecular formula is C23H27N3O6. The lowest BCUT2D eigenvalue weighted by Gasteiger charge is -2.32. The maximum Gasteiger partial charge on any atom is 0.343 e. The van der Waals surface area contributed by atoms with Crippen LogP contribution >= 0.6 is 0 Å². The van der Waals surface area contributed by atoms with Gasteiger partial charge in [-0.2, -0.15) is 0 Å². The molecule has 1 aromatic carbocycles. The molecule has 1 aliphatic heterocycles. The third kappa shape index (κ3) is 5.75. The number of amides is 2. The number of likely N-dealkylation sites (tertiary alicyclic amines) is 1. The molecule has 9 heteroatoms. The second-order valence-electron chi connectivity index (χ2n) is 7.47. The average molecular weight is 441 g/mol. The molecule has 0 bridgehead atoms. The van der Waals surface area contributed by atoms with Crippen molar-refractivity contribution in [1.82, 2.24) is 9.88 Å². The van der Waals surface area contributed by atoms with Crippen molar-refractivity contribution in [3.8, 4) is 11.5 Å². The first kappa shape index (κ1) is 23.1. The number of pyridine rings is 1. The van der Waals surface area contributed by atoms with Gasteiger partial charge in [0.1, 0.15) is 5.82 Å². The normalized spacial score (nSPS) is 15.6. The van der Waals surface area contributed by atoms with E-state index in [0.717, 1.165) is 12.1 Å². The maximum absolute atomic E-state index is 13.1. The summed E-state index contributed by atoms with van der Waals surface area (Å²) in [6.07, 6.45) is 1.42. The number of aromatic nitrogens is 1. The first-order valence-corrected chi connectivity index (χ1v) is 10.3. The smallest absolute Gasteiger partial charge is 0.343 e. The van der Waals surface area contributed by atoms with E-state index in [1.165, 1.54) is 14.2 Å². The fourth-order valence-corrected chi connectivity index (χ4v) is 3.51. The SMILES string of the molecule is COC(=O)COc1ccc(C(=O)N2CCCC(C(=O)Nc3cccc(C)n3)C2)cc1OC. The van der Waals surface area contributed by atoms with Crippen LogP contribution in [0.25, 0.3) is 0 Å². The molecule has 32 heavy (non-hydrogen) atoms. The fraction of sp³-hybridized carbons (Fsp3) is 0.391. The Morgan fingerprint density at radius 1 is 1.16 bits per heavy atom. The van der Waals surface area contributed by atoms with Gasteiger partial charge in [-0.25, -0.2) is 9.78 Å². The number of carbonyl (C=O) groups excluding carboxylic acids is 3. The first-order chi connectivity index (χ1) is 15.4. The molecule has 1 fully saturated rings. The van der Waals surface area contributed by atoms with E-state index in [4.69, 9.17) is 9.47 Å². The molecule has 2 aromatic rings. The van der Waals surface area contributed by atoms with Gasteiger partial charge in [-0.1, -0.05) is 6.07 Å². The summed E-state index contributed by atoms with van der Waals surface area (Å²) in [7, 11) is 2.73. The highest BCUT2D eigenvalue weighted by molar-refractivity contribution is 5.96.